The van der Waals surface area contributed by atoms with Crippen LogP contribution in [0.4, 0.5) is 0 Å². The van der Waals surface area contributed by atoms with Gasteiger partial charge in [0, 0.05) is 0 Å². The van der Waals surface area contributed by atoms with Crippen LogP contribution in [0.1, 0.15) is 25.3 Å². The lowest BCUT2D eigenvalue weighted by molar-refractivity contribution is 0.191. The van der Waals surface area contributed by atoms with Crippen molar-refractivity contribution in [3.05, 3.63) is 29.8 Å². The van der Waals surface area contributed by atoms with Crippen LogP contribution < -0.4 is 0 Å². The zero-order chi connectivity index (χ0) is 11.8. The predicted molar refractivity (Wildman–Crippen MR) is 62.9 cm³/mol. The Morgan fingerprint density at radius 1 is 1.19 bits per heavy atom. The first-order valence-electron chi connectivity index (χ1n) is 5.25. The molecule has 1 atom stereocenters. The second-order valence-corrected chi connectivity index (χ2v) is 4.36. The van der Waals surface area contributed by atoms with Gasteiger partial charge in [0.2, 0.25) is 0 Å². The fourth-order valence-electron chi connectivity index (χ4n) is 1.05. The van der Waals surface area contributed by atoms with Gasteiger partial charge >= 0.3 is 8.60 Å². The van der Waals surface area contributed by atoms with E-state index in [0.717, 1.165) is 18.4 Å². The van der Waals surface area contributed by atoms with Crippen LogP contribution in [0.15, 0.2) is 24.3 Å². The first-order valence-corrected chi connectivity index (χ1v) is 6.38. The van der Waals surface area contributed by atoms with E-state index in [1.54, 1.807) is 24.3 Å². The van der Waals surface area contributed by atoms with E-state index < -0.39 is 8.60 Å². The summed E-state index contributed by atoms with van der Waals surface area (Å²) < 4.78 is 10.2. The van der Waals surface area contributed by atoms with Gasteiger partial charge in [-0.1, -0.05) is 25.5 Å². The molecule has 1 aromatic rings. The number of phenols is 1. The first-order chi connectivity index (χ1) is 7.72. The molecule has 5 heteroatoms. The number of unbranched alkanes of at least 4 members (excludes halogenated alkanes) is 1. The van der Waals surface area contributed by atoms with Gasteiger partial charge in [0.05, 0.1) is 13.2 Å². The quantitative estimate of drug-likeness (QED) is 0.572. The topological polar surface area (TPSA) is 58.9 Å². The molecule has 0 aromatic heterocycles. The van der Waals surface area contributed by atoms with Crippen LogP contribution in [-0.2, 0) is 15.7 Å². The average molecular weight is 244 g/mol. The summed E-state index contributed by atoms with van der Waals surface area (Å²) in [7, 11) is -1.79. The number of rotatable bonds is 7. The van der Waals surface area contributed by atoms with Gasteiger partial charge in [-0.15, -0.1) is 0 Å². The zero-order valence-electron chi connectivity index (χ0n) is 9.30. The van der Waals surface area contributed by atoms with Gasteiger partial charge in [-0.25, -0.2) is 0 Å². The molecular weight excluding hydrogens is 227 g/mol. The third-order valence-corrected chi connectivity index (χ3v) is 2.73. The van der Waals surface area contributed by atoms with Crippen LogP contribution in [0.3, 0.4) is 0 Å². The highest BCUT2D eigenvalue weighted by molar-refractivity contribution is 7.40. The molecule has 0 saturated heterocycles. The Kier molecular flexibility index (Phi) is 6.34. The SMILES string of the molecule is CCCCOP(O)OCc1ccc(O)cc1. The average Bonchev–Trinajstić information content (AvgIpc) is 2.29. The number of phenolic OH excluding ortho intramolecular Hbond substituents is 1. The molecule has 1 aromatic carbocycles. The van der Waals surface area contributed by atoms with E-state index in [9.17, 15) is 4.89 Å². The number of hydrogen-bond acceptors (Lipinski definition) is 4. The minimum Gasteiger partial charge on any atom is -0.508 e. The monoisotopic (exact) mass is 244 g/mol. The van der Waals surface area contributed by atoms with Crippen molar-refractivity contribution in [2.75, 3.05) is 6.61 Å². The Hall–Kier alpha value is -0.670. The van der Waals surface area contributed by atoms with E-state index in [0.29, 0.717) is 6.61 Å². The molecule has 0 amide bonds. The Balaban J connectivity index is 2.20. The molecule has 0 bridgehead atoms. The second kappa shape index (κ2) is 7.58. The molecule has 2 N–H and O–H groups in total. The first kappa shape index (κ1) is 13.4. The number of aromatic hydroxyl groups is 1. The standard InChI is InChI=1S/C11H17O4P/c1-2-3-8-14-16(13)15-9-10-4-6-11(12)7-5-10/h4-7,12-13H,2-3,8-9H2,1H3. The van der Waals surface area contributed by atoms with Crippen LogP contribution in [-0.4, -0.2) is 16.6 Å². The third kappa shape index (κ3) is 5.42. The minimum atomic E-state index is -1.79. The fraction of sp³-hybridized carbons (Fsp3) is 0.455. The van der Waals surface area contributed by atoms with E-state index >= 15 is 0 Å². The van der Waals surface area contributed by atoms with Gasteiger partial charge in [0.1, 0.15) is 5.75 Å². The summed E-state index contributed by atoms with van der Waals surface area (Å²) in [5.74, 6) is 0.217. The highest BCUT2D eigenvalue weighted by Crippen LogP contribution is 2.34. The Labute approximate surface area is 96.8 Å². The van der Waals surface area contributed by atoms with Crippen molar-refractivity contribution in [3.8, 4) is 5.75 Å². The van der Waals surface area contributed by atoms with Gasteiger partial charge in [0.15, 0.2) is 0 Å². The molecule has 1 rings (SSSR count). The maximum absolute atomic E-state index is 9.36. The summed E-state index contributed by atoms with van der Waals surface area (Å²) in [5, 5.41) is 9.07. The molecule has 0 aliphatic rings. The lowest BCUT2D eigenvalue weighted by Gasteiger charge is -2.10. The van der Waals surface area contributed by atoms with Gasteiger partial charge in [-0.2, -0.15) is 0 Å². The molecule has 1 unspecified atom stereocenters. The summed E-state index contributed by atoms with van der Waals surface area (Å²) in [6.07, 6.45) is 1.95. The van der Waals surface area contributed by atoms with Crippen LogP contribution >= 0.6 is 8.60 Å². The molecule has 0 heterocycles. The molecule has 0 aliphatic carbocycles. The lowest BCUT2D eigenvalue weighted by atomic mass is 10.2. The van der Waals surface area contributed by atoms with Crippen LogP contribution in [0.2, 0.25) is 0 Å². The normalized spacial score (nSPS) is 12.6. The lowest BCUT2D eigenvalue weighted by Crippen LogP contribution is -1.93. The van der Waals surface area contributed by atoms with Crippen LogP contribution in [0, 0.1) is 0 Å². The number of benzene rings is 1. The van der Waals surface area contributed by atoms with Gasteiger partial charge < -0.3 is 19.0 Å². The van der Waals surface area contributed by atoms with Crippen molar-refractivity contribution in [2.24, 2.45) is 0 Å². The smallest absolute Gasteiger partial charge is 0.330 e. The molecule has 0 saturated carbocycles. The maximum atomic E-state index is 9.36. The maximum Gasteiger partial charge on any atom is 0.330 e. The van der Waals surface area contributed by atoms with Crippen molar-refractivity contribution < 1.29 is 19.0 Å². The van der Waals surface area contributed by atoms with Gasteiger partial charge in [-0.05, 0) is 24.1 Å². The highest BCUT2D eigenvalue weighted by Gasteiger charge is 2.06. The van der Waals surface area contributed by atoms with E-state index in [1.165, 1.54) is 0 Å². The predicted octanol–water partition coefficient (Wildman–Crippen LogP) is 2.94. The van der Waals surface area contributed by atoms with Crippen molar-refractivity contribution in [3.63, 3.8) is 0 Å². The minimum absolute atomic E-state index is 0.217. The van der Waals surface area contributed by atoms with E-state index in [1.807, 2.05) is 0 Å². The van der Waals surface area contributed by atoms with Crippen molar-refractivity contribution >= 4 is 8.60 Å². The molecule has 0 aliphatic heterocycles. The van der Waals surface area contributed by atoms with Gasteiger partial charge in [-0.3, -0.25) is 0 Å². The molecule has 0 spiro atoms. The molecule has 0 fully saturated rings. The summed E-state index contributed by atoms with van der Waals surface area (Å²) in [4.78, 5) is 9.36. The summed E-state index contributed by atoms with van der Waals surface area (Å²) in [5.41, 5.74) is 0.887. The Morgan fingerprint density at radius 2 is 1.88 bits per heavy atom. The summed E-state index contributed by atoms with van der Waals surface area (Å²) >= 11 is 0. The molecule has 0 radical (unpaired) electrons. The molecular formula is C11H17O4P. The van der Waals surface area contributed by atoms with Crippen LogP contribution in [0.5, 0.6) is 5.75 Å². The Bertz CT molecular complexity index is 289. The van der Waals surface area contributed by atoms with Crippen molar-refractivity contribution in [1.29, 1.82) is 0 Å². The fourth-order valence-corrected chi connectivity index (χ4v) is 1.67. The Morgan fingerprint density at radius 3 is 2.50 bits per heavy atom. The van der Waals surface area contributed by atoms with E-state index in [4.69, 9.17) is 14.2 Å². The van der Waals surface area contributed by atoms with E-state index in [-0.39, 0.29) is 12.4 Å². The van der Waals surface area contributed by atoms with Gasteiger partial charge in [0.25, 0.3) is 0 Å². The second-order valence-electron chi connectivity index (χ2n) is 3.36. The van der Waals surface area contributed by atoms with Crippen molar-refractivity contribution in [2.45, 2.75) is 26.4 Å². The third-order valence-electron chi connectivity index (χ3n) is 1.98. The van der Waals surface area contributed by atoms with Crippen molar-refractivity contribution in [1.82, 2.24) is 0 Å². The highest BCUT2D eigenvalue weighted by atomic mass is 31.2. The summed E-state index contributed by atoms with van der Waals surface area (Å²) in [6.45, 7) is 2.86. The van der Waals surface area contributed by atoms with Crippen LogP contribution in [0.25, 0.3) is 0 Å². The molecule has 16 heavy (non-hydrogen) atoms. The largest absolute Gasteiger partial charge is 0.508 e. The number of hydrogen-bond donors (Lipinski definition) is 2. The molecule has 90 valence electrons. The van der Waals surface area contributed by atoms with E-state index in [2.05, 4.69) is 6.92 Å². The molecule has 4 nitrogen and oxygen atoms in total. The zero-order valence-corrected chi connectivity index (χ0v) is 10.2. The summed E-state index contributed by atoms with van der Waals surface area (Å²) in [6, 6.07) is 6.64.